The molecule has 0 aliphatic heterocycles. The van der Waals surface area contributed by atoms with Crippen molar-refractivity contribution in [2.75, 3.05) is 5.32 Å². The number of anilines is 1. The van der Waals surface area contributed by atoms with Crippen LogP contribution in [-0.2, 0) is 4.79 Å². The highest BCUT2D eigenvalue weighted by Gasteiger charge is 2.25. The summed E-state index contributed by atoms with van der Waals surface area (Å²) in [5.74, 6) is 0.788. The molecule has 1 aliphatic rings. The molecular weight excluding hydrogens is 472 g/mol. The number of amides is 1. The zero-order valence-electron chi connectivity index (χ0n) is 19.0. The number of H-pyrrole nitrogens is 2. The van der Waals surface area contributed by atoms with E-state index in [2.05, 4.69) is 41.5 Å². The highest BCUT2D eigenvalue weighted by molar-refractivity contribution is 7.13. The summed E-state index contributed by atoms with van der Waals surface area (Å²) in [7, 11) is 0. The Morgan fingerprint density at radius 1 is 1.06 bits per heavy atom. The molecule has 0 spiro atoms. The van der Waals surface area contributed by atoms with E-state index in [1.807, 2.05) is 29.6 Å². The zero-order valence-corrected chi connectivity index (χ0v) is 19.8. The highest BCUT2D eigenvalue weighted by Crippen LogP contribution is 2.34. The lowest BCUT2D eigenvalue weighted by molar-refractivity contribution is -0.122. The number of imidazole rings is 1. The third-order valence-electron chi connectivity index (χ3n) is 6.63. The maximum absolute atomic E-state index is 12.4. The normalized spacial score (nSPS) is 13.8. The molecule has 7 rings (SSSR count). The number of carbonyl (C=O) groups is 1. The van der Waals surface area contributed by atoms with E-state index < -0.39 is 0 Å². The summed E-state index contributed by atoms with van der Waals surface area (Å²) in [5.41, 5.74) is 6.26. The molecule has 1 amide bonds. The fourth-order valence-corrected chi connectivity index (χ4v) is 5.23. The van der Waals surface area contributed by atoms with Crippen molar-refractivity contribution >= 4 is 45.1 Å². The Morgan fingerprint density at radius 2 is 1.97 bits per heavy atom. The van der Waals surface area contributed by atoms with Crippen molar-refractivity contribution in [1.82, 2.24) is 35.1 Å². The first-order valence-corrected chi connectivity index (χ1v) is 12.6. The minimum atomic E-state index is 0.0614. The maximum Gasteiger partial charge on any atom is 0.227 e. The van der Waals surface area contributed by atoms with Crippen LogP contribution in [-0.4, -0.2) is 41.0 Å². The van der Waals surface area contributed by atoms with Gasteiger partial charge in [-0.15, -0.1) is 11.3 Å². The molecule has 6 aromatic rings. The number of aromatic nitrogens is 7. The molecule has 0 atom stereocenters. The number of nitrogens with zero attached hydrogens (tertiary/aromatic N) is 5. The Labute approximate surface area is 209 Å². The van der Waals surface area contributed by atoms with Crippen LogP contribution in [0.3, 0.4) is 0 Å². The van der Waals surface area contributed by atoms with Gasteiger partial charge in [0.1, 0.15) is 11.2 Å². The second-order valence-corrected chi connectivity index (χ2v) is 9.84. The predicted molar refractivity (Wildman–Crippen MR) is 139 cm³/mol. The first-order chi connectivity index (χ1) is 17.7. The third-order valence-corrected chi connectivity index (χ3v) is 7.53. The molecule has 0 radical (unpaired) electrons. The average molecular weight is 493 g/mol. The van der Waals surface area contributed by atoms with Gasteiger partial charge in [-0.05, 0) is 42.5 Å². The molecule has 10 heteroatoms. The number of nitrogens with one attached hydrogen (secondary N) is 3. The smallest absolute Gasteiger partial charge is 0.227 e. The van der Waals surface area contributed by atoms with Crippen molar-refractivity contribution in [3.63, 3.8) is 0 Å². The SMILES string of the molecule is O=C(Nc1cncc(-c2cnc3[nH]nc(-c4nc5c(-c6cccs6)ccnc5[nH]4)c3c2)c1)C1CCC1. The fourth-order valence-electron chi connectivity index (χ4n) is 4.48. The summed E-state index contributed by atoms with van der Waals surface area (Å²) >= 11 is 1.66. The fraction of sp³-hybridized carbons (Fsp3) is 0.154. The van der Waals surface area contributed by atoms with Crippen LogP contribution >= 0.6 is 11.3 Å². The van der Waals surface area contributed by atoms with Crippen LogP contribution in [0, 0.1) is 5.92 Å². The van der Waals surface area contributed by atoms with E-state index in [1.165, 1.54) is 0 Å². The van der Waals surface area contributed by atoms with Crippen LogP contribution < -0.4 is 5.32 Å². The largest absolute Gasteiger partial charge is 0.324 e. The van der Waals surface area contributed by atoms with Crippen LogP contribution in [0.4, 0.5) is 5.69 Å². The lowest BCUT2D eigenvalue weighted by Crippen LogP contribution is -2.28. The third kappa shape index (κ3) is 3.54. The molecular formula is C26H20N8OS. The summed E-state index contributed by atoms with van der Waals surface area (Å²) in [4.78, 5) is 35.1. The number of rotatable bonds is 5. The van der Waals surface area contributed by atoms with E-state index in [0.717, 1.165) is 51.7 Å². The van der Waals surface area contributed by atoms with Gasteiger partial charge in [-0.1, -0.05) is 12.5 Å². The van der Waals surface area contributed by atoms with Gasteiger partial charge in [0.15, 0.2) is 17.1 Å². The molecule has 0 unspecified atom stereocenters. The lowest BCUT2D eigenvalue weighted by Gasteiger charge is -2.24. The molecule has 0 aromatic carbocycles. The number of thiophene rings is 1. The van der Waals surface area contributed by atoms with Gasteiger partial charge in [-0.25, -0.2) is 15.0 Å². The van der Waals surface area contributed by atoms with Gasteiger partial charge in [-0.2, -0.15) is 5.10 Å². The lowest BCUT2D eigenvalue weighted by atomic mass is 9.85. The molecule has 6 heterocycles. The summed E-state index contributed by atoms with van der Waals surface area (Å²) in [6, 6.07) is 10.0. The van der Waals surface area contributed by atoms with Gasteiger partial charge in [0.25, 0.3) is 0 Å². The van der Waals surface area contributed by atoms with Gasteiger partial charge in [0.05, 0.1) is 17.3 Å². The first-order valence-electron chi connectivity index (χ1n) is 11.7. The molecule has 1 fully saturated rings. The Balaban J connectivity index is 1.26. The molecule has 1 saturated carbocycles. The van der Waals surface area contributed by atoms with Gasteiger partial charge in [0.2, 0.25) is 5.91 Å². The minimum Gasteiger partial charge on any atom is -0.324 e. The van der Waals surface area contributed by atoms with Crippen molar-refractivity contribution in [1.29, 1.82) is 0 Å². The zero-order chi connectivity index (χ0) is 24.1. The van der Waals surface area contributed by atoms with E-state index in [4.69, 9.17) is 4.98 Å². The van der Waals surface area contributed by atoms with E-state index in [0.29, 0.717) is 28.5 Å². The molecule has 176 valence electrons. The molecule has 1 aliphatic carbocycles. The second-order valence-electron chi connectivity index (χ2n) is 8.89. The molecule has 9 nitrogen and oxygen atoms in total. The van der Waals surface area contributed by atoms with E-state index in [1.54, 1.807) is 36.1 Å². The molecule has 6 aromatic heterocycles. The van der Waals surface area contributed by atoms with Crippen LogP contribution in [0.2, 0.25) is 0 Å². The summed E-state index contributed by atoms with van der Waals surface area (Å²) in [6.07, 6.45) is 10.0. The molecule has 36 heavy (non-hydrogen) atoms. The standard InChI is InChI=1S/C26H20N8OS/c35-26(14-3-1-4-14)30-17-9-15(11-27-13-17)16-10-19-22(33-34-23(19)29-12-16)25-31-21-18(20-5-2-8-36-20)6-7-28-24(21)32-25/h2,5-14H,1,3-4H2,(H,30,35)(H,28,31,32)(H,29,33,34). The van der Waals surface area contributed by atoms with Crippen LogP contribution in [0.1, 0.15) is 19.3 Å². The van der Waals surface area contributed by atoms with Crippen LogP contribution in [0.5, 0.6) is 0 Å². The molecule has 0 saturated heterocycles. The van der Waals surface area contributed by atoms with Crippen molar-refractivity contribution in [2.45, 2.75) is 19.3 Å². The van der Waals surface area contributed by atoms with Crippen LogP contribution in [0.25, 0.3) is 55.3 Å². The van der Waals surface area contributed by atoms with Crippen molar-refractivity contribution < 1.29 is 4.79 Å². The quantitative estimate of drug-likeness (QED) is 0.295. The van der Waals surface area contributed by atoms with Gasteiger partial charge < -0.3 is 10.3 Å². The van der Waals surface area contributed by atoms with Crippen molar-refractivity contribution in [2.24, 2.45) is 5.92 Å². The number of fused-ring (bicyclic) bond motifs is 2. The maximum atomic E-state index is 12.4. The van der Waals surface area contributed by atoms with Crippen molar-refractivity contribution in [3.8, 4) is 33.1 Å². The Hall–Kier alpha value is -4.44. The van der Waals surface area contributed by atoms with Gasteiger partial charge in [-0.3, -0.25) is 14.9 Å². The summed E-state index contributed by atoms with van der Waals surface area (Å²) in [6.45, 7) is 0. The van der Waals surface area contributed by atoms with E-state index in [9.17, 15) is 4.79 Å². The minimum absolute atomic E-state index is 0.0614. The number of aromatic amines is 2. The average Bonchev–Trinajstić information content (AvgIpc) is 3.61. The number of hydrogen-bond donors (Lipinski definition) is 3. The predicted octanol–water partition coefficient (Wildman–Crippen LogP) is 5.43. The van der Waals surface area contributed by atoms with E-state index >= 15 is 0 Å². The highest BCUT2D eigenvalue weighted by atomic mass is 32.1. The van der Waals surface area contributed by atoms with Gasteiger partial charge >= 0.3 is 0 Å². The Bertz CT molecular complexity index is 1730. The second kappa shape index (κ2) is 8.35. The van der Waals surface area contributed by atoms with Gasteiger partial charge in [0, 0.05) is 46.1 Å². The van der Waals surface area contributed by atoms with E-state index in [-0.39, 0.29) is 11.8 Å². The summed E-state index contributed by atoms with van der Waals surface area (Å²) in [5, 5.41) is 13.4. The monoisotopic (exact) mass is 492 g/mol. The molecule has 3 N–H and O–H groups in total. The van der Waals surface area contributed by atoms with Crippen LogP contribution in [0.15, 0.2) is 60.5 Å². The van der Waals surface area contributed by atoms with Crippen molar-refractivity contribution in [3.05, 3.63) is 60.5 Å². The topological polar surface area (TPSA) is 125 Å². The molecule has 0 bridgehead atoms. The first kappa shape index (κ1) is 20.9. The Kier molecular flexibility index (Phi) is 4.84. The number of hydrogen-bond acceptors (Lipinski definition) is 7. The summed E-state index contributed by atoms with van der Waals surface area (Å²) < 4.78 is 0. The Morgan fingerprint density at radius 3 is 2.81 bits per heavy atom. The number of carbonyl (C=O) groups excluding carboxylic acids is 1. The number of pyridine rings is 3.